The van der Waals surface area contributed by atoms with Crippen molar-refractivity contribution >= 4 is 49.6 Å². The highest BCUT2D eigenvalue weighted by Crippen LogP contribution is 2.40. The number of allylic oxidation sites excluding steroid dienone is 1. The van der Waals surface area contributed by atoms with Crippen LogP contribution in [0, 0.1) is 12.8 Å². The monoisotopic (exact) mass is 539 g/mol. The van der Waals surface area contributed by atoms with E-state index >= 15 is 0 Å². The van der Waals surface area contributed by atoms with Crippen LogP contribution < -0.4 is 5.32 Å². The molecule has 0 atom stereocenters. The first kappa shape index (κ1) is 27.0. The van der Waals surface area contributed by atoms with Crippen LogP contribution in [0.5, 0.6) is 5.88 Å². The summed E-state index contributed by atoms with van der Waals surface area (Å²) in [5.41, 5.74) is 3.81. The van der Waals surface area contributed by atoms with E-state index in [1.807, 2.05) is 25.1 Å². The number of fused-ring (bicyclic) bond motifs is 1. The number of aryl methyl sites for hydroxylation is 2. The minimum Gasteiger partial charge on any atom is -0.493 e. The molecule has 4 rings (SSSR count). The molecule has 1 fully saturated rings. The van der Waals surface area contributed by atoms with Gasteiger partial charge in [-0.05, 0) is 73.6 Å². The SMILES string of the molecule is C=CCn1c(O)c(N=NC(=S)Nc2c(C)cccc2CC)c2cc(S(=O)(=O)N3CCC(C)CC3)ccc21. The van der Waals surface area contributed by atoms with Gasteiger partial charge in [0.25, 0.3) is 0 Å². The standard InChI is InChI=1S/C27H33N5O3S2/c1-5-14-32-23-11-10-21(37(34,35)31-15-12-18(3)13-16-31)17-22(23)25(26(32)33)29-30-27(36)28-24-19(4)8-7-9-20(24)6-2/h5,7-11,17-18,33H,1,6,12-16H2,2-4H3,(H,28,36). The number of rotatable bonds is 7. The molecule has 37 heavy (non-hydrogen) atoms. The number of sulfonamides is 1. The number of nitrogens with zero attached hydrogens (tertiary/aromatic N) is 4. The van der Waals surface area contributed by atoms with Gasteiger partial charge in [-0.15, -0.1) is 16.8 Å². The van der Waals surface area contributed by atoms with Crippen molar-refractivity contribution in [2.24, 2.45) is 16.1 Å². The predicted octanol–water partition coefficient (Wildman–Crippen LogP) is 6.31. The van der Waals surface area contributed by atoms with Crippen LogP contribution in [0.3, 0.4) is 0 Å². The molecular weight excluding hydrogens is 506 g/mol. The number of aromatic hydroxyl groups is 1. The Bertz CT molecular complexity index is 1470. The molecule has 0 unspecified atom stereocenters. The first-order valence-corrected chi connectivity index (χ1v) is 14.3. The Morgan fingerprint density at radius 3 is 2.68 bits per heavy atom. The molecule has 1 aromatic heterocycles. The van der Waals surface area contributed by atoms with Crippen LogP contribution in [-0.2, 0) is 23.0 Å². The molecule has 2 heterocycles. The van der Waals surface area contributed by atoms with E-state index in [-0.39, 0.29) is 21.6 Å². The van der Waals surface area contributed by atoms with Crippen molar-refractivity contribution in [2.75, 3.05) is 18.4 Å². The second-order valence-corrected chi connectivity index (χ2v) is 11.8. The molecule has 0 bridgehead atoms. The van der Waals surface area contributed by atoms with Gasteiger partial charge < -0.3 is 15.0 Å². The summed E-state index contributed by atoms with van der Waals surface area (Å²) in [6.07, 6.45) is 4.15. The number of piperidine rings is 1. The molecule has 196 valence electrons. The Kier molecular flexibility index (Phi) is 8.11. The maximum absolute atomic E-state index is 13.4. The molecule has 3 aromatic rings. The fourth-order valence-corrected chi connectivity index (χ4v) is 6.32. The third-order valence-electron chi connectivity index (χ3n) is 6.89. The Hall–Kier alpha value is -3.08. The van der Waals surface area contributed by atoms with Crippen LogP contribution in [0.1, 0.15) is 37.8 Å². The molecule has 0 saturated carbocycles. The molecule has 2 N–H and O–H groups in total. The fourth-order valence-electron chi connectivity index (χ4n) is 4.68. The van der Waals surface area contributed by atoms with E-state index in [4.69, 9.17) is 12.2 Å². The van der Waals surface area contributed by atoms with Gasteiger partial charge in [-0.2, -0.15) is 4.31 Å². The topological polar surface area (TPSA) is 99.3 Å². The number of aromatic nitrogens is 1. The zero-order valence-corrected chi connectivity index (χ0v) is 23.1. The van der Waals surface area contributed by atoms with Gasteiger partial charge in [0, 0.05) is 30.7 Å². The lowest BCUT2D eigenvalue weighted by atomic mass is 10.0. The van der Waals surface area contributed by atoms with Gasteiger partial charge in [0.15, 0.2) is 5.69 Å². The number of hydrogen-bond acceptors (Lipinski definition) is 5. The molecule has 2 aromatic carbocycles. The molecule has 0 radical (unpaired) electrons. The van der Waals surface area contributed by atoms with Crippen molar-refractivity contribution in [1.29, 1.82) is 0 Å². The minimum atomic E-state index is -3.68. The number of benzene rings is 2. The quantitative estimate of drug-likeness (QED) is 0.208. The molecule has 0 amide bonds. The molecule has 1 aliphatic rings. The first-order valence-electron chi connectivity index (χ1n) is 12.4. The van der Waals surface area contributed by atoms with Crippen LogP contribution in [0.2, 0.25) is 0 Å². The Morgan fingerprint density at radius 2 is 2.00 bits per heavy atom. The van der Waals surface area contributed by atoms with Crippen molar-refractivity contribution in [3.8, 4) is 5.88 Å². The van der Waals surface area contributed by atoms with Gasteiger partial charge in [-0.1, -0.05) is 38.1 Å². The highest BCUT2D eigenvalue weighted by Gasteiger charge is 2.29. The van der Waals surface area contributed by atoms with Crippen LogP contribution in [0.25, 0.3) is 10.9 Å². The van der Waals surface area contributed by atoms with Crippen molar-refractivity contribution < 1.29 is 13.5 Å². The molecule has 8 nitrogen and oxygen atoms in total. The Labute approximate surface area is 223 Å². The molecule has 0 aliphatic carbocycles. The van der Waals surface area contributed by atoms with Gasteiger partial charge in [-0.3, -0.25) is 0 Å². The number of para-hydroxylation sites is 1. The number of thiocarbonyl (C=S) groups is 1. The van der Waals surface area contributed by atoms with E-state index < -0.39 is 10.0 Å². The number of hydrogen-bond donors (Lipinski definition) is 2. The second kappa shape index (κ2) is 11.1. The van der Waals surface area contributed by atoms with Gasteiger partial charge in [0.2, 0.25) is 21.0 Å². The maximum atomic E-state index is 13.4. The van der Waals surface area contributed by atoms with E-state index in [9.17, 15) is 13.5 Å². The second-order valence-electron chi connectivity index (χ2n) is 9.43. The van der Waals surface area contributed by atoms with Crippen molar-refractivity contribution in [2.45, 2.75) is 51.5 Å². The zero-order chi connectivity index (χ0) is 26.7. The van der Waals surface area contributed by atoms with E-state index in [2.05, 4.69) is 36.0 Å². The van der Waals surface area contributed by atoms with Crippen LogP contribution in [0.15, 0.2) is 64.2 Å². The normalized spacial score (nSPS) is 15.4. The van der Waals surface area contributed by atoms with Crippen molar-refractivity contribution in [3.63, 3.8) is 0 Å². The van der Waals surface area contributed by atoms with Gasteiger partial charge in [0.1, 0.15) is 0 Å². The molecular formula is C27H33N5O3S2. The van der Waals surface area contributed by atoms with Crippen molar-refractivity contribution in [1.82, 2.24) is 8.87 Å². The Balaban J connectivity index is 1.71. The van der Waals surface area contributed by atoms with Crippen LogP contribution >= 0.6 is 12.2 Å². The number of nitrogens with one attached hydrogen (secondary N) is 1. The molecule has 10 heteroatoms. The summed E-state index contributed by atoms with van der Waals surface area (Å²) in [6, 6.07) is 10.8. The first-order chi connectivity index (χ1) is 17.7. The smallest absolute Gasteiger partial charge is 0.243 e. The fraction of sp³-hybridized carbons (Fsp3) is 0.370. The van der Waals surface area contributed by atoms with Crippen LogP contribution in [-0.4, -0.2) is 40.6 Å². The molecule has 1 saturated heterocycles. The number of anilines is 1. The van der Waals surface area contributed by atoms with Crippen LogP contribution in [0.4, 0.5) is 11.4 Å². The van der Waals surface area contributed by atoms with E-state index in [1.165, 1.54) is 4.31 Å². The average Bonchev–Trinajstić information content (AvgIpc) is 3.14. The number of azo groups is 1. The summed E-state index contributed by atoms with van der Waals surface area (Å²) >= 11 is 5.43. The van der Waals surface area contributed by atoms with E-state index in [1.54, 1.807) is 28.8 Å². The lowest BCUT2D eigenvalue weighted by Crippen LogP contribution is -2.37. The van der Waals surface area contributed by atoms with Gasteiger partial charge in [0.05, 0.1) is 10.4 Å². The third kappa shape index (κ3) is 5.46. The van der Waals surface area contributed by atoms with Gasteiger partial charge >= 0.3 is 0 Å². The third-order valence-corrected chi connectivity index (χ3v) is 8.96. The largest absolute Gasteiger partial charge is 0.493 e. The summed E-state index contributed by atoms with van der Waals surface area (Å²) < 4.78 is 29.9. The predicted molar refractivity (Wildman–Crippen MR) is 152 cm³/mol. The van der Waals surface area contributed by atoms with E-state index in [0.29, 0.717) is 36.5 Å². The van der Waals surface area contributed by atoms with E-state index in [0.717, 1.165) is 36.1 Å². The molecule has 1 aliphatic heterocycles. The lowest BCUT2D eigenvalue weighted by molar-refractivity contribution is 0.288. The van der Waals surface area contributed by atoms with Gasteiger partial charge in [-0.25, -0.2) is 8.42 Å². The summed E-state index contributed by atoms with van der Waals surface area (Å²) in [5, 5.41) is 23.2. The minimum absolute atomic E-state index is 0.132. The zero-order valence-electron chi connectivity index (χ0n) is 21.4. The Morgan fingerprint density at radius 1 is 1.27 bits per heavy atom. The molecule has 0 spiro atoms. The summed E-state index contributed by atoms with van der Waals surface area (Å²) in [4.78, 5) is 0.162. The summed E-state index contributed by atoms with van der Waals surface area (Å²) in [5.74, 6) is 0.379. The van der Waals surface area contributed by atoms with Crippen molar-refractivity contribution in [3.05, 3.63) is 60.2 Å². The highest BCUT2D eigenvalue weighted by molar-refractivity contribution is 7.89. The summed E-state index contributed by atoms with van der Waals surface area (Å²) in [7, 11) is -3.68. The highest BCUT2D eigenvalue weighted by atomic mass is 32.2. The summed E-state index contributed by atoms with van der Waals surface area (Å²) in [6.45, 7) is 11.3. The lowest BCUT2D eigenvalue weighted by Gasteiger charge is -2.29. The maximum Gasteiger partial charge on any atom is 0.243 e. The average molecular weight is 540 g/mol.